The van der Waals surface area contributed by atoms with Crippen LogP contribution >= 0.6 is 0 Å². The maximum Gasteiger partial charge on any atom is 0.417 e. The lowest BCUT2D eigenvalue weighted by Crippen LogP contribution is -2.29. The van der Waals surface area contributed by atoms with E-state index in [0.29, 0.717) is 18.5 Å². The Hall–Kier alpha value is -2.04. The Morgan fingerprint density at radius 3 is 2.55 bits per heavy atom. The Morgan fingerprint density at radius 1 is 1.23 bits per heavy atom. The molecule has 1 aliphatic rings. The molecule has 2 nitrogen and oxygen atoms in total. The first kappa shape index (κ1) is 16.3. The molecular formula is C17H18F3NO. The molecule has 0 aliphatic heterocycles. The van der Waals surface area contributed by atoms with Gasteiger partial charge in [-0.05, 0) is 30.7 Å². The molecule has 0 radical (unpaired) electrons. The van der Waals surface area contributed by atoms with Gasteiger partial charge in [0.15, 0.2) is 0 Å². The highest BCUT2D eigenvalue weighted by Gasteiger charge is 2.35. The molecule has 1 aromatic rings. The van der Waals surface area contributed by atoms with Crippen LogP contribution in [0, 0.1) is 5.92 Å². The standard InChI is InChI=1S/C17H18F3NO/c18-17(19,20)15(14-9-5-2-6-10-14)11-16(22)21-12-13-7-3-1-4-8-13/h1-3,5-6,9-11,13H,4,7-8,12H2,(H,21,22)/b15-11+. The van der Waals surface area contributed by atoms with E-state index in [0.717, 1.165) is 19.3 Å². The van der Waals surface area contributed by atoms with Gasteiger partial charge in [0.05, 0.1) is 5.57 Å². The Kier molecular flexibility index (Phi) is 5.41. The van der Waals surface area contributed by atoms with Crippen LogP contribution in [-0.2, 0) is 4.79 Å². The third-order valence-corrected chi connectivity index (χ3v) is 3.61. The third kappa shape index (κ3) is 4.76. The number of nitrogens with one attached hydrogen (secondary N) is 1. The highest BCUT2D eigenvalue weighted by atomic mass is 19.4. The van der Waals surface area contributed by atoms with Crippen LogP contribution in [0.4, 0.5) is 13.2 Å². The van der Waals surface area contributed by atoms with Crippen LogP contribution in [0.2, 0.25) is 0 Å². The topological polar surface area (TPSA) is 29.1 Å². The number of alkyl halides is 3. The Bertz CT molecular complexity index is 561. The summed E-state index contributed by atoms with van der Waals surface area (Å²) in [6, 6.07) is 7.35. The highest BCUT2D eigenvalue weighted by Crippen LogP contribution is 2.33. The van der Waals surface area contributed by atoms with E-state index in [9.17, 15) is 18.0 Å². The van der Waals surface area contributed by atoms with Gasteiger partial charge in [0.2, 0.25) is 5.91 Å². The lowest BCUT2D eigenvalue weighted by atomic mass is 9.94. The molecule has 22 heavy (non-hydrogen) atoms. The Labute approximate surface area is 127 Å². The predicted molar refractivity (Wildman–Crippen MR) is 80.0 cm³/mol. The van der Waals surface area contributed by atoms with Gasteiger partial charge in [-0.25, -0.2) is 0 Å². The minimum absolute atomic E-state index is 0.00857. The van der Waals surface area contributed by atoms with Gasteiger partial charge in [-0.3, -0.25) is 4.79 Å². The number of benzene rings is 1. The molecule has 0 spiro atoms. The maximum atomic E-state index is 13.1. The van der Waals surface area contributed by atoms with E-state index in [1.54, 1.807) is 6.07 Å². The van der Waals surface area contributed by atoms with Gasteiger partial charge in [0.1, 0.15) is 0 Å². The monoisotopic (exact) mass is 309 g/mol. The SMILES string of the molecule is O=C(/C=C(\c1ccccc1)C(F)(F)F)NCC1CC=CCC1. The van der Waals surface area contributed by atoms with E-state index < -0.39 is 17.7 Å². The Morgan fingerprint density at radius 2 is 1.95 bits per heavy atom. The van der Waals surface area contributed by atoms with E-state index in [1.165, 1.54) is 24.3 Å². The molecule has 0 fully saturated rings. The number of halogens is 3. The van der Waals surface area contributed by atoms with Crippen molar-refractivity contribution in [3.05, 3.63) is 54.1 Å². The van der Waals surface area contributed by atoms with Crippen LogP contribution in [0.5, 0.6) is 0 Å². The number of allylic oxidation sites excluding steroid dienone is 3. The van der Waals surface area contributed by atoms with Gasteiger partial charge < -0.3 is 5.32 Å². The lowest BCUT2D eigenvalue weighted by molar-refractivity contribution is -0.117. The molecule has 1 atom stereocenters. The summed E-state index contributed by atoms with van der Waals surface area (Å²) in [6.07, 6.45) is 2.96. The highest BCUT2D eigenvalue weighted by molar-refractivity contribution is 5.96. The summed E-state index contributed by atoms with van der Waals surface area (Å²) in [5, 5.41) is 2.58. The second-order valence-corrected chi connectivity index (χ2v) is 5.32. The molecule has 0 aromatic heterocycles. The van der Waals surface area contributed by atoms with E-state index >= 15 is 0 Å². The smallest absolute Gasteiger partial charge is 0.352 e. The fourth-order valence-corrected chi connectivity index (χ4v) is 2.42. The van der Waals surface area contributed by atoms with Gasteiger partial charge in [0.25, 0.3) is 0 Å². The number of hydrogen-bond donors (Lipinski definition) is 1. The van der Waals surface area contributed by atoms with Crippen LogP contribution in [0.25, 0.3) is 5.57 Å². The van der Waals surface area contributed by atoms with E-state index in [2.05, 4.69) is 11.4 Å². The number of rotatable bonds is 4. The van der Waals surface area contributed by atoms with E-state index in [4.69, 9.17) is 0 Å². The van der Waals surface area contributed by atoms with Crippen molar-refractivity contribution in [1.82, 2.24) is 5.32 Å². The van der Waals surface area contributed by atoms with Gasteiger partial charge >= 0.3 is 6.18 Å². The number of hydrogen-bond acceptors (Lipinski definition) is 1. The molecule has 1 aromatic carbocycles. The third-order valence-electron chi connectivity index (χ3n) is 3.61. The van der Waals surface area contributed by atoms with Gasteiger partial charge in [-0.15, -0.1) is 0 Å². The van der Waals surface area contributed by atoms with E-state index in [-0.39, 0.29) is 5.56 Å². The zero-order valence-corrected chi connectivity index (χ0v) is 12.1. The summed E-state index contributed by atoms with van der Waals surface area (Å²) < 4.78 is 39.3. The van der Waals surface area contributed by atoms with Crippen LogP contribution in [0.15, 0.2) is 48.6 Å². The minimum atomic E-state index is -4.56. The summed E-state index contributed by atoms with van der Waals surface area (Å²) in [5.74, 6) is -0.404. The predicted octanol–water partition coefficient (Wildman–Crippen LogP) is 4.10. The second kappa shape index (κ2) is 7.29. The largest absolute Gasteiger partial charge is 0.417 e. The molecule has 0 saturated heterocycles. The van der Waals surface area contributed by atoms with Crippen molar-refractivity contribution in [2.75, 3.05) is 6.54 Å². The normalized spacial score (nSPS) is 19.0. The van der Waals surface area contributed by atoms with Gasteiger partial charge in [0, 0.05) is 12.6 Å². The van der Waals surface area contributed by atoms with Crippen molar-refractivity contribution in [2.24, 2.45) is 5.92 Å². The maximum absolute atomic E-state index is 13.1. The molecule has 0 heterocycles. The molecule has 0 bridgehead atoms. The number of amides is 1. The average Bonchev–Trinajstić information content (AvgIpc) is 2.51. The molecule has 1 amide bonds. The lowest BCUT2D eigenvalue weighted by Gasteiger charge is -2.18. The van der Waals surface area contributed by atoms with Crippen LogP contribution in [0.1, 0.15) is 24.8 Å². The van der Waals surface area contributed by atoms with Gasteiger partial charge in [-0.1, -0.05) is 42.5 Å². The quantitative estimate of drug-likeness (QED) is 0.658. The zero-order chi connectivity index (χ0) is 16.0. The Balaban J connectivity index is 2.05. The first-order valence-electron chi connectivity index (χ1n) is 7.24. The molecule has 0 saturated carbocycles. The van der Waals surface area contributed by atoms with Crippen molar-refractivity contribution in [2.45, 2.75) is 25.4 Å². The fraction of sp³-hybridized carbons (Fsp3) is 0.353. The second-order valence-electron chi connectivity index (χ2n) is 5.32. The van der Waals surface area contributed by atoms with E-state index in [1.807, 2.05) is 6.08 Å². The van der Waals surface area contributed by atoms with Crippen LogP contribution < -0.4 is 5.32 Å². The summed E-state index contributed by atoms with van der Waals surface area (Å²) in [6.45, 7) is 0.402. The van der Waals surface area contributed by atoms with Crippen molar-refractivity contribution < 1.29 is 18.0 Å². The zero-order valence-electron chi connectivity index (χ0n) is 12.1. The molecule has 1 unspecified atom stereocenters. The summed E-state index contributed by atoms with van der Waals surface area (Å²) in [7, 11) is 0. The van der Waals surface area contributed by atoms with Crippen molar-refractivity contribution in [1.29, 1.82) is 0 Å². The summed E-state index contributed by atoms with van der Waals surface area (Å²) >= 11 is 0. The van der Waals surface area contributed by atoms with Crippen molar-refractivity contribution in [3.8, 4) is 0 Å². The first-order chi connectivity index (χ1) is 10.5. The molecular weight excluding hydrogens is 291 g/mol. The van der Waals surface area contributed by atoms with Crippen molar-refractivity contribution in [3.63, 3.8) is 0 Å². The molecule has 5 heteroatoms. The van der Waals surface area contributed by atoms with Crippen LogP contribution in [-0.4, -0.2) is 18.6 Å². The number of carbonyl (C=O) groups is 1. The van der Waals surface area contributed by atoms with Crippen LogP contribution in [0.3, 0.4) is 0 Å². The molecule has 1 N–H and O–H groups in total. The van der Waals surface area contributed by atoms with Crippen molar-refractivity contribution >= 4 is 11.5 Å². The fourth-order valence-electron chi connectivity index (χ4n) is 2.42. The van der Waals surface area contributed by atoms with Gasteiger partial charge in [-0.2, -0.15) is 13.2 Å². The molecule has 1 aliphatic carbocycles. The average molecular weight is 309 g/mol. The molecule has 2 rings (SSSR count). The summed E-state index contributed by atoms with van der Waals surface area (Å²) in [4.78, 5) is 11.8. The first-order valence-corrected chi connectivity index (χ1v) is 7.24. The molecule has 118 valence electrons. The minimum Gasteiger partial charge on any atom is -0.352 e. The summed E-state index contributed by atoms with van der Waals surface area (Å²) in [5.41, 5.74) is -0.931. The number of carbonyl (C=O) groups excluding carboxylic acids is 1.